The number of hydrogen-bond acceptors (Lipinski definition) is 3. The van der Waals surface area contributed by atoms with Gasteiger partial charge < -0.3 is 15.0 Å². The Balaban J connectivity index is 1.68. The van der Waals surface area contributed by atoms with Crippen molar-refractivity contribution >= 4 is 23.4 Å². The normalized spacial score (nSPS) is 11.4. The highest BCUT2D eigenvalue weighted by molar-refractivity contribution is 6.31. The van der Waals surface area contributed by atoms with Crippen molar-refractivity contribution in [2.24, 2.45) is 0 Å². The zero-order chi connectivity index (χ0) is 22.1. The van der Waals surface area contributed by atoms with Gasteiger partial charge in [0.25, 0.3) is 5.91 Å². The van der Waals surface area contributed by atoms with Gasteiger partial charge in [0, 0.05) is 18.1 Å². The van der Waals surface area contributed by atoms with Gasteiger partial charge in [-0.1, -0.05) is 78.3 Å². The first-order valence-electron chi connectivity index (χ1n) is 10.1. The molecule has 160 valence electrons. The number of carbonyl (C=O) groups excluding carboxylic acids is 2. The van der Waals surface area contributed by atoms with Crippen LogP contribution >= 0.6 is 11.6 Å². The highest BCUT2D eigenvalue weighted by Gasteiger charge is 2.26. The predicted octanol–water partition coefficient (Wildman–Crippen LogP) is 4.45. The molecular formula is C25H25ClN2O3. The minimum Gasteiger partial charge on any atom is -0.484 e. The first-order valence-corrected chi connectivity index (χ1v) is 10.4. The van der Waals surface area contributed by atoms with E-state index in [1.165, 1.54) is 4.90 Å². The summed E-state index contributed by atoms with van der Waals surface area (Å²) in [6.45, 7) is 2.15. The van der Waals surface area contributed by atoms with Gasteiger partial charge in [-0.2, -0.15) is 0 Å². The summed E-state index contributed by atoms with van der Waals surface area (Å²) >= 11 is 6.17. The fourth-order valence-corrected chi connectivity index (χ4v) is 3.28. The molecule has 0 aromatic heterocycles. The maximum absolute atomic E-state index is 13.0. The number of nitrogens with zero attached hydrogens (tertiary/aromatic N) is 1. The van der Waals surface area contributed by atoms with Gasteiger partial charge in [0.2, 0.25) is 5.91 Å². The van der Waals surface area contributed by atoms with E-state index in [2.05, 4.69) is 5.32 Å². The van der Waals surface area contributed by atoms with Gasteiger partial charge in [-0.25, -0.2) is 0 Å². The molecule has 5 nitrogen and oxygen atoms in total. The average molecular weight is 437 g/mol. The molecule has 0 aliphatic carbocycles. The van der Waals surface area contributed by atoms with Crippen LogP contribution in [-0.4, -0.2) is 29.4 Å². The van der Waals surface area contributed by atoms with Gasteiger partial charge in [0.1, 0.15) is 11.8 Å². The molecule has 3 rings (SSSR count). The number of amides is 2. The second-order valence-corrected chi connectivity index (χ2v) is 7.50. The fraction of sp³-hybridized carbons (Fsp3) is 0.200. The Kier molecular flexibility index (Phi) is 8.07. The molecule has 3 aromatic rings. The monoisotopic (exact) mass is 436 g/mol. The van der Waals surface area contributed by atoms with Gasteiger partial charge in [0.15, 0.2) is 6.61 Å². The molecule has 2 amide bonds. The molecule has 1 atom stereocenters. The third-order valence-electron chi connectivity index (χ3n) is 4.88. The van der Waals surface area contributed by atoms with Crippen molar-refractivity contribution in [1.29, 1.82) is 0 Å². The Morgan fingerprint density at radius 1 is 0.935 bits per heavy atom. The SMILES string of the molecule is C[C@@H](C(=O)NCc1ccccc1Cl)N(Cc1ccccc1)C(=O)COc1ccccc1. The van der Waals surface area contributed by atoms with E-state index < -0.39 is 6.04 Å². The van der Waals surface area contributed by atoms with Crippen molar-refractivity contribution in [2.75, 3.05) is 6.61 Å². The molecule has 0 saturated heterocycles. The molecule has 0 unspecified atom stereocenters. The molecule has 0 heterocycles. The minimum absolute atomic E-state index is 0.154. The maximum atomic E-state index is 13.0. The number of halogens is 1. The van der Waals surface area contributed by atoms with Crippen molar-refractivity contribution in [1.82, 2.24) is 10.2 Å². The van der Waals surface area contributed by atoms with Crippen LogP contribution in [0, 0.1) is 0 Å². The molecule has 0 aliphatic rings. The standard InChI is InChI=1S/C25H25ClN2O3/c1-19(25(30)27-16-21-12-8-9-15-23(21)26)28(17-20-10-4-2-5-11-20)24(29)18-31-22-13-6-3-7-14-22/h2-15,19H,16-18H2,1H3,(H,27,30)/t19-/m0/s1. The molecule has 0 aliphatic heterocycles. The maximum Gasteiger partial charge on any atom is 0.261 e. The molecule has 0 saturated carbocycles. The second-order valence-electron chi connectivity index (χ2n) is 7.09. The second kappa shape index (κ2) is 11.2. The predicted molar refractivity (Wildman–Crippen MR) is 122 cm³/mol. The number of nitrogens with one attached hydrogen (secondary N) is 1. The highest BCUT2D eigenvalue weighted by atomic mass is 35.5. The van der Waals surface area contributed by atoms with Crippen LogP contribution in [0.1, 0.15) is 18.1 Å². The van der Waals surface area contributed by atoms with Gasteiger partial charge >= 0.3 is 0 Å². The molecule has 31 heavy (non-hydrogen) atoms. The number of para-hydroxylation sites is 1. The van der Waals surface area contributed by atoms with Crippen molar-refractivity contribution in [3.8, 4) is 5.75 Å². The zero-order valence-electron chi connectivity index (χ0n) is 17.3. The third-order valence-corrected chi connectivity index (χ3v) is 5.25. The van der Waals surface area contributed by atoms with Gasteiger partial charge in [0.05, 0.1) is 0 Å². The van der Waals surface area contributed by atoms with Crippen LogP contribution in [0.15, 0.2) is 84.9 Å². The van der Waals surface area contributed by atoms with Crippen molar-refractivity contribution in [3.05, 3.63) is 101 Å². The summed E-state index contributed by atoms with van der Waals surface area (Å²) in [7, 11) is 0. The smallest absolute Gasteiger partial charge is 0.261 e. The van der Waals surface area contributed by atoms with Crippen LogP contribution in [0.5, 0.6) is 5.75 Å². The average Bonchev–Trinajstić information content (AvgIpc) is 2.81. The van der Waals surface area contributed by atoms with Gasteiger partial charge in [-0.15, -0.1) is 0 Å². The molecule has 0 bridgehead atoms. The largest absolute Gasteiger partial charge is 0.484 e. The summed E-state index contributed by atoms with van der Waals surface area (Å²) in [6, 6.07) is 25.3. The van der Waals surface area contributed by atoms with Crippen LogP contribution in [0.2, 0.25) is 5.02 Å². The Morgan fingerprint density at radius 2 is 1.55 bits per heavy atom. The lowest BCUT2D eigenvalue weighted by Crippen LogP contribution is -2.48. The third kappa shape index (κ3) is 6.59. The molecular weight excluding hydrogens is 412 g/mol. The minimum atomic E-state index is -0.686. The van der Waals surface area contributed by atoms with E-state index in [4.69, 9.17) is 16.3 Å². The molecule has 1 N–H and O–H groups in total. The van der Waals surface area contributed by atoms with Crippen molar-refractivity contribution in [3.63, 3.8) is 0 Å². The lowest BCUT2D eigenvalue weighted by atomic mass is 10.1. The van der Waals surface area contributed by atoms with Crippen LogP contribution in [0.4, 0.5) is 0 Å². The number of hydrogen-bond donors (Lipinski definition) is 1. The van der Waals surface area contributed by atoms with Crippen LogP contribution in [0.25, 0.3) is 0 Å². The first-order chi connectivity index (χ1) is 15.0. The number of ether oxygens (including phenoxy) is 1. The van der Waals surface area contributed by atoms with Crippen LogP contribution < -0.4 is 10.1 Å². The Labute approximate surface area is 187 Å². The van der Waals surface area contributed by atoms with E-state index in [0.717, 1.165) is 11.1 Å². The first kappa shape index (κ1) is 22.4. The Bertz CT molecular complexity index is 996. The quantitative estimate of drug-likeness (QED) is 0.539. The Hall–Kier alpha value is -3.31. The summed E-state index contributed by atoms with van der Waals surface area (Å²) in [5.41, 5.74) is 1.75. The molecule has 6 heteroatoms. The lowest BCUT2D eigenvalue weighted by molar-refractivity contribution is -0.142. The summed E-state index contributed by atoms with van der Waals surface area (Å²) in [5, 5.41) is 3.46. The zero-order valence-corrected chi connectivity index (χ0v) is 18.1. The molecule has 0 fully saturated rings. The summed E-state index contributed by atoms with van der Waals surface area (Å²) < 4.78 is 5.62. The molecule has 0 radical (unpaired) electrons. The summed E-state index contributed by atoms with van der Waals surface area (Å²) in [4.78, 5) is 27.4. The van der Waals surface area contributed by atoms with Crippen molar-refractivity contribution in [2.45, 2.75) is 26.1 Å². The Morgan fingerprint density at radius 3 is 2.23 bits per heavy atom. The van der Waals surface area contributed by atoms with Crippen LogP contribution in [0.3, 0.4) is 0 Å². The van der Waals surface area contributed by atoms with Crippen molar-refractivity contribution < 1.29 is 14.3 Å². The number of benzene rings is 3. The highest BCUT2D eigenvalue weighted by Crippen LogP contribution is 2.15. The summed E-state index contributed by atoms with van der Waals surface area (Å²) in [5.74, 6) is 0.0725. The summed E-state index contributed by atoms with van der Waals surface area (Å²) in [6.07, 6.45) is 0. The molecule has 3 aromatic carbocycles. The van der Waals surface area contributed by atoms with Gasteiger partial charge in [-0.05, 0) is 36.2 Å². The number of carbonyl (C=O) groups is 2. The van der Waals surface area contributed by atoms with E-state index >= 15 is 0 Å². The van der Waals surface area contributed by atoms with E-state index in [0.29, 0.717) is 17.3 Å². The topological polar surface area (TPSA) is 58.6 Å². The number of rotatable bonds is 9. The molecule has 0 spiro atoms. The van der Waals surface area contributed by atoms with E-state index in [-0.39, 0.29) is 25.0 Å². The van der Waals surface area contributed by atoms with Crippen LogP contribution in [-0.2, 0) is 22.7 Å². The van der Waals surface area contributed by atoms with E-state index in [1.807, 2.05) is 66.7 Å². The van der Waals surface area contributed by atoms with E-state index in [9.17, 15) is 9.59 Å². The van der Waals surface area contributed by atoms with E-state index in [1.54, 1.807) is 25.1 Å². The van der Waals surface area contributed by atoms with Gasteiger partial charge in [-0.3, -0.25) is 9.59 Å². The lowest BCUT2D eigenvalue weighted by Gasteiger charge is -2.28. The fourth-order valence-electron chi connectivity index (χ4n) is 3.08.